The van der Waals surface area contributed by atoms with Crippen LogP contribution in [0, 0.1) is 11.3 Å². The quantitative estimate of drug-likeness (QED) is 0.652. The van der Waals surface area contributed by atoms with Crippen molar-refractivity contribution in [2.75, 3.05) is 26.9 Å². The van der Waals surface area contributed by atoms with Gasteiger partial charge in [-0.1, -0.05) is 0 Å². The molecule has 6 heteroatoms. The Hall–Kier alpha value is -1.81. The van der Waals surface area contributed by atoms with Crippen LogP contribution in [0.2, 0.25) is 0 Å². The Morgan fingerprint density at radius 2 is 2.10 bits per heavy atom. The summed E-state index contributed by atoms with van der Waals surface area (Å²) in [7, 11) is 1.49. The van der Waals surface area contributed by atoms with Gasteiger partial charge in [0.15, 0.2) is 11.5 Å². The smallest absolute Gasteiger partial charge is 0.162 e. The van der Waals surface area contributed by atoms with Crippen molar-refractivity contribution in [1.82, 2.24) is 5.32 Å². The van der Waals surface area contributed by atoms with Gasteiger partial charge in [-0.25, -0.2) is 0 Å². The van der Waals surface area contributed by atoms with Gasteiger partial charge >= 0.3 is 0 Å². The van der Waals surface area contributed by atoms with Crippen molar-refractivity contribution in [3.05, 3.63) is 23.8 Å². The van der Waals surface area contributed by atoms with Crippen molar-refractivity contribution < 1.29 is 19.7 Å². The highest BCUT2D eigenvalue weighted by molar-refractivity contribution is 5.46. The lowest BCUT2D eigenvalue weighted by Gasteiger charge is -2.25. The average molecular weight is 294 g/mol. The molecule has 21 heavy (non-hydrogen) atoms. The first kappa shape index (κ1) is 17.2. The Balaban J connectivity index is 2.53. The van der Waals surface area contributed by atoms with Crippen molar-refractivity contribution in [3.8, 4) is 17.6 Å². The number of nitriles is 1. The number of aliphatic hydroxyl groups excluding tert-OH is 2. The fraction of sp³-hybridized carbons (Fsp3) is 0.533. The maximum Gasteiger partial charge on any atom is 0.162 e. The number of aliphatic hydroxyl groups is 2. The number of nitrogens with zero attached hydrogens (tertiary/aromatic N) is 1. The van der Waals surface area contributed by atoms with Gasteiger partial charge in [0.1, 0.15) is 12.7 Å². The first-order valence-electron chi connectivity index (χ1n) is 6.66. The summed E-state index contributed by atoms with van der Waals surface area (Å²) in [5, 5.41) is 30.8. The van der Waals surface area contributed by atoms with E-state index in [1.54, 1.807) is 18.2 Å². The van der Waals surface area contributed by atoms with Gasteiger partial charge < -0.3 is 25.0 Å². The molecule has 0 amide bonds. The van der Waals surface area contributed by atoms with Gasteiger partial charge in [-0.2, -0.15) is 5.26 Å². The van der Waals surface area contributed by atoms with Crippen molar-refractivity contribution in [2.24, 2.45) is 0 Å². The van der Waals surface area contributed by atoms with E-state index in [9.17, 15) is 5.11 Å². The topological polar surface area (TPSA) is 94.7 Å². The summed E-state index contributed by atoms with van der Waals surface area (Å²) in [6, 6.07) is 6.85. The minimum Gasteiger partial charge on any atom is -0.493 e. The molecule has 3 N–H and O–H groups in total. The van der Waals surface area contributed by atoms with Gasteiger partial charge in [-0.15, -0.1) is 0 Å². The van der Waals surface area contributed by atoms with E-state index in [0.29, 0.717) is 23.6 Å². The molecule has 1 unspecified atom stereocenters. The fourth-order valence-electron chi connectivity index (χ4n) is 1.55. The number of rotatable bonds is 8. The molecule has 0 radical (unpaired) electrons. The van der Waals surface area contributed by atoms with Gasteiger partial charge in [0.2, 0.25) is 0 Å². The van der Waals surface area contributed by atoms with Crippen molar-refractivity contribution in [3.63, 3.8) is 0 Å². The van der Waals surface area contributed by atoms with E-state index in [2.05, 4.69) is 5.32 Å². The highest BCUT2D eigenvalue weighted by atomic mass is 16.5. The van der Waals surface area contributed by atoms with Gasteiger partial charge in [0, 0.05) is 18.2 Å². The Kier molecular flexibility index (Phi) is 6.43. The summed E-state index contributed by atoms with van der Waals surface area (Å²) in [5.74, 6) is 0.918. The van der Waals surface area contributed by atoms with Crippen molar-refractivity contribution in [1.29, 1.82) is 5.26 Å². The molecule has 6 nitrogen and oxygen atoms in total. The number of methoxy groups -OCH3 is 1. The largest absolute Gasteiger partial charge is 0.493 e. The van der Waals surface area contributed by atoms with Crippen LogP contribution in [-0.4, -0.2) is 48.7 Å². The maximum absolute atomic E-state index is 9.87. The molecule has 0 fully saturated rings. The van der Waals surface area contributed by atoms with Crippen LogP contribution >= 0.6 is 0 Å². The van der Waals surface area contributed by atoms with Crippen LogP contribution in [0.25, 0.3) is 0 Å². The van der Waals surface area contributed by atoms with E-state index in [1.807, 2.05) is 19.9 Å². The summed E-state index contributed by atoms with van der Waals surface area (Å²) >= 11 is 0. The molecule has 0 aliphatic carbocycles. The standard InChI is InChI=1S/C15H22N2O4/c1-15(2,10-18)17-8-12(19)9-21-13-5-4-11(7-16)6-14(13)20-3/h4-6,12,17-19H,8-10H2,1-3H3. The number of hydrogen-bond acceptors (Lipinski definition) is 6. The SMILES string of the molecule is COc1cc(C#N)ccc1OCC(O)CNC(C)(C)CO. The van der Waals surface area contributed by atoms with E-state index in [4.69, 9.17) is 19.8 Å². The predicted octanol–water partition coefficient (Wildman–Crippen LogP) is 0.667. The molecule has 0 saturated heterocycles. The van der Waals surface area contributed by atoms with E-state index in [0.717, 1.165) is 0 Å². The van der Waals surface area contributed by atoms with Gasteiger partial charge in [-0.3, -0.25) is 0 Å². The van der Waals surface area contributed by atoms with Crippen LogP contribution in [0.4, 0.5) is 0 Å². The Morgan fingerprint density at radius 1 is 1.38 bits per heavy atom. The summed E-state index contributed by atoms with van der Waals surface area (Å²) in [4.78, 5) is 0. The zero-order chi connectivity index (χ0) is 15.9. The third-order valence-electron chi connectivity index (χ3n) is 2.94. The summed E-state index contributed by atoms with van der Waals surface area (Å²) in [5.41, 5.74) is 0.0266. The highest BCUT2D eigenvalue weighted by Gasteiger charge is 2.17. The average Bonchev–Trinajstić information content (AvgIpc) is 2.50. The summed E-state index contributed by atoms with van der Waals surface area (Å²) in [6.45, 7) is 4.03. The Morgan fingerprint density at radius 3 is 2.67 bits per heavy atom. The van der Waals surface area contributed by atoms with E-state index in [-0.39, 0.29) is 13.2 Å². The first-order chi connectivity index (χ1) is 9.91. The van der Waals surface area contributed by atoms with Gasteiger partial charge in [0.05, 0.1) is 25.3 Å². The second kappa shape index (κ2) is 7.84. The lowest BCUT2D eigenvalue weighted by atomic mass is 10.1. The molecule has 1 atom stereocenters. The molecule has 0 aliphatic rings. The molecule has 1 aromatic carbocycles. The minimum atomic E-state index is -0.726. The van der Waals surface area contributed by atoms with Crippen LogP contribution < -0.4 is 14.8 Å². The predicted molar refractivity (Wildman–Crippen MR) is 78.4 cm³/mol. The molecular weight excluding hydrogens is 272 g/mol. The fourth-order valence-corrected chi connectivity index (χ4v) is 1.55. The van der Waals surface area contributed by atoms with Crippen molar-refractivity contribution >= 4 is 0 Å². The van der Waals surface area contributed by atoms with E-state index < -0.39 is 11.6 Å². The number of ether oxygens (including phenoxy) is 2. The van der Waals surface area contributed by atoms with Crippen LogP contribution in [0.5, 0.6) is 11.5 Å². The molecule has 1 rings (SSSR count). The monoisotopic (exact) mass is 294 g/mol. The number of nitrogens with one attached hydrogen (secondary N) is 1. The minimum absolute atomic E-state index is 0.0238. The van der Waals surface area contributed by atoms with Gasteiger partial charge in [0.25, 0.3) is 0 Å². The maximum atomic E-state index is 9.87. The van der Waals surface area contributed by atoms with Gasteiger partial charge in [-0.05, 0) is 26.0 Å². The molecule has 0 aliphatic heterocycles. The number of benzene rings is 1. The highest BCUT2D eigenvalue weighted by Crippen LogP contribution is 2.27. The second-order valence-corrected chi connectivity index (χ2v) is 5.37. The molecule has 0 bridgehead atoms. The van der Waals surface area contributed by atoms with Crippen LogP contribution in [0.1, 0.15) is 19.4 Å². The van der Waals surface area contributed by atoms with E-state index in [1.165, 1.54) is 7.11 Å². The van der Waals surface area contributed by atoms with Crippen LogP contribution in [0.3, 0.4) is 0 Å². The van der Waals surface area contributed by atoms with E-state index >= 15 is 0 Å². The zero-order valence-electron chi connectivity index (χ0n) is 12.6. The summed E-state index contributed by atoms with van der Waals surface area (Å²) < 4.78 is 10.6. The molecule has 0 spiro atoms. The molecular formula is C15H22N2O4. The van der Waals surface area contributed by atoms with Crippen molar-refractivity contribution in [2.45, 2.75) is 25.5 Å². The molecule has 0 saturated carbocycles. The Labute approximate surface area is 124 Å². The lowest BCUT2D eigenvalue weighted by Crippen LogP contribution is -2.47. The number of β-amino-alcohol motifs (C(OH)–C–C–N with tert-alkyl or cyclic N) is 1. The zero-order valence-corrected chi connectivity index (χ0v) is 12.6. The third kappa shape index (κ3) is 5.60. The first-order valence-corrected chi connectivity index (χ1v) is 6.66. The number of hydrogen-bond donors (Lipinski definition) is 3. The Bertz CT molecular complexity index is 497. The molecule has 1 aromatic rings. The lowest BCUT2D eigenvalue weighted by molar-refractivity contribution is 0.0894. The summed E-state index contributed by atoms with van der Waals surface area (Å²) in [6.07, 6.45) is -0.726. The molecule has 0 aromatic heterocycles. The van der Waals surface area contributed by atoms with Crippen LogP contribution in [-0.2, 0) is 0 Å². The second-order valence-electron chi connectivity index (χ2n) is 5.37. The normalized spacial score (nSPS) is 12.6. The van der Waals surface area contributed by atoms with Crippen LogP contribution in [0.15, 0.2) is 18.2 Å². The molecule has 116 valence electrons. The molecule has 0 heterocycles. The third-order valence-corrected chi connectivity index (χ3v) is 2.94.